The van der Waals surface area contributed by atoms with Gasteiger partial charge in [0.2, 0.25) is 0 Å². The minimum atomic E-state index is -0.184. The molecule has 110 valence electrons. The molecule has 0 aliphatic carbocycles. The quantitative estimate of drug-likeness (QED) is 0.409. The number of thioether (sulfide) groups is 1. The Morgan fingerprint density at radius 1 is 1.14 bits per heavy atom. The summed E-state index contributed by atoms with van der Waals surface area (Å²) in [6.07, 6.45) is 0. The van der Waals surface area contributed by atoms with E-state index in [4.69, 9.17) is 4.74 Å². The Morgan fingerprint density at radius 2 is 2.00 bits per heavy atom. The van der Waals surface area contributed by atoms with Gasteiger partial charge in [-0.25, -0.2) is 0 Å². The third-order valence-corrected chi connectivity index (χ3v) is 6.13. The lowest BCUT2D eigenvalue weighted by Gasteiger charge is -2.19. The highest BCUT2D eigenvalue weighted by Crippen LogP contribution is 2.44. The molecule has 0 atom stereocenters. The molecule has 3 nitrogen and oxygen atoms in total. The van der Waals surface area contributed by atoms with E-state index in [1.54, 1.807) is 23.3 Å². The number of esters is 1. The van der Waals surface area contributed by atoms with Gasteiger partial charge in [0.15, 0.2) is 5.75 Å². The van der Waals surface area contributed by atoms with E-state index in [0.29, 0.717) is 11.5 Å². The number of hydrogen-bond donors (Lipinski definition) is 1. The SMILES string of the molecule is O=C1CSc2cc(NSc3cccs3)c3ccccc3c2O1. The van der Waals surface area contributed by atoms with Crippen LogP contribution in [0.5, 0.6) is 5.75 Å². The minimum Gasteiger partial charge on any atom is -0.424 e. The van der Waals surface area contributed by atoms with Crippen molar-refractivity contribution in [3.05, 3.63) is 47.8 Å². The van der Waals surface area contributed by atoms with Gasteiger partial charge in [-0.1, -0.05) is 30.3 Å². The molecule has 0 saturated heterocycles. The minimum absolute atomic E-state index is 0.184. The summed E-state index contributed by atoms with van der Waals surface area (Å²) in [6, 6.07) is 14.2. The van der Waals surface area contributed by atoms with E-state index in [9.17, 15) is 4.79 Å². The van der Waals surface area contributed by atoms with Crippen LogP contribution in [0, 0.1) is 0 Å². The van der Waals surface area contributed by atoms with Gasteiger partial charge in [-0.15, -0.1) is 23.1 Å². The predicted octanol–water partition coefficient (Wildman–Crippen LogP) is 5.03. The summed E-state index contributed by atoms with van der Waals surface area (Å²) in [5.41, 5.74) is 1.04. The molecule has 0 spiro atoms. The molecule has 0 bridgehead atoms. The van der Waals surface area contributed by atoms with E-state index in [2.05, 4.69) is 22.2 Å². The molecule has 0 saturated carbocycles. The number of anilines is 1. The summed E-state index contributed by atoms with van der Waals surface area (Å²) in [5.74, 6) is 0.864. The second-order valence-electron chi connectivity index (χ2n) is 4.70. The van der Waals surface area contributed by atoms with Crippen molar-refractivity contribution in [1.29, 1.82) is 0 Å². The van der Waals surface area contributed by atoms with Crippen LogP contribution in [0.3, 0.4) is 0 Å². The maximum atomic E-state index is 11.6. The van der Waals surface area contributed by atoms with Crippen LogP contribution in [0.4, 0.5) is 5.69 Å². The Morgan fingerprint density at radius 3 is 2.82 bits per heavy atom. The van der Waals surface area contributed by atoms with Gasteiger partial charge >= 0.3 is 5.97 Å². The molecular formula is C16H11NO2S3. The fourth-order valence-corrected chi connectivity index (χ4v) is 4.60. The van der Waals surface area contributed by atoms with Gasteiger partial charge in [0.25, 0.3) is 0 Å². The summed E-state index contributed by atoms with van der Waals surface area (Å²) in [7, 11) is 0. The van der Waals surface area contributed by atoms with Crippen molar-refractivity contribution in [2.24, 2.45) is 0 Å². The molecule has 0 amide bonds. The molecule has 0 radical (unpaired) electrons. The first-order valence-corrected chi connectivity index (χ1v) is 9.35. The van der Waals surface area contributed by atoms with E-state index >= 15 is 0 Å². The number of carbonyl (C=O) groups is 1. The number of rotatable bonds is 3. The van der Waals surface area contributed by atoms with Crippen molar-refractivity contribution in [1.82, 2.24) is 0 Å². The van der Waals surface area contributed by atoms with Gasteiger partial charge in [-0.05, 0) is 29.5 Å². The van der Waals surface area contributed by atoms with Crippen LogP contribution in [0.2, 0.25) is 0 Å². The van der Waals surface area contributed by atoms with E-state index in [-0.39, 0.29) is 5.97 Å². The molecule has 6 heteroatoms. The average molecular weight is 345 g/mol. The van der Waals surface area contributed by atoms with Crippen molar-refractivity contribution < 1.29 is 9.53 Å². The zero-order chi connectivity index (χ0) is 14.9. The molecule has 1 aliphatic rings. The zero-order valence-corrected chi connectivity index (χ0v) is 13.8. The van der Waals surface area contributed by atoms with Gasteiger partial charge in [0.1, 0.15) is 0 Å². The third kappa shape index (κ3) is 2.58. The lowest BCUT2D eigenvalue weighted by molar-refractivity contribution is -0.131. The topological polar surface area (TPSA) is 38.3 Å². The standard InChI is InChI=1S/C16H11NO2S3/c18-14-9-21-13-8-12(17-22-15-6-3-7-20-15)10-4-1-2-5-11(10)16(13)19-14/h1-8,17H,9H2. The molecular weight excluding hydrogens is 334 g/mol. The number of nitrogens with one attached hydrogen (secondary N) is 1. The van der Waals surface area contributed by atoms with Crippen molar-refractivity contribution in [2.45, 2.75) is 9.10 Å². The van der Waals surface area contributed by atoms with E-state index in [0.717, 1.165) is 21.4 Å². The fourth-order valence-electron chi connectivity index (χ4n) is 2.33. The summed E-state index contributed by atoms with van der Waals surface area (Å²) in [6.45, 7) is 0. The van der Waals surface area contributed by atoms with Crippen molar-refractivity contribution in [3.8, 4) is 5.75 Å². The molecule has 4 rings (SSSR count). The van der Waals surface area contributed by atoms with E-state index < -0.39 is 0 Å². The summed E-state index contributed by atoms with van der Waals surface area (Å²) in [5, 5.41) is 4.08. The number of thiophene rings is 1. The maximum Gasteiger partial charge on any atom is 0.321 e. The van der Waals surface area contributed by atoms with Crippen molar-refractivity contribution in [3.63, 3.8) is 0 Å². The van der Waals surface area contributed by atoms with Crippen LogP contribution in [-0.2, 0) is 4.79 Å². The Bertz CT molecular complexity index is 846. The predicted molar refractivity (Wildman–Crippen MR) is 94.1 cm³/mol. The Hall–Kier alpha value is -1.63. The Kier molecular flexibility index (Phi) is 3.73. The molecule has 1 N–H and O–H groups in total. The largest absolute Gasteiger partial charge is 0.424 e. The van der Waals surface area contributed by atoms with Gasteiger partial charge in [0, 0.05) is 10.8 Å². The first-order valence-electron chi connectivity index (χ1n) is 6.67. The van der Waals surface area contributed by atoms with Crippen LogP contribution < -0.4 is 9.46 Å². The summed E-state index contributed by atoms with van der Waals surface area (Å²) < 4.78 is 10.1. The van der Waals surface area contributed by atoms with E-state index in [1.807, 2.05) is 30.3 Å². The first kappa shape index (κ1) is 14.0. The van der Waals surface area contributed by atoms with Gasteiger partial charge in [-0.2, -0.15) is 0 Å². The molecule has 0 fully saturated rings. The van der Waals surface area contributed by atoms with Gasteiger partial charge in [-0.3, -0.25) is 4.79 Å². The molecule has 22 heavy (non-hydrogen) atoms. The normalized spacial score (nSPS) is 13.7. The van der Waals surface area contributed by atoms with Crippen LogP contribution in [0.1, 0.15) is 0 Å². The average Bonchev–Trinajstić information content (AvgIpc) is 3.06. The van der Waals surface area contributed by atoms with Crippen molar-refractivity contribution >= 4 is 57.5 Å². The smallest absolute Gasteiger partial charge is 0.321 e. The van der Waals surface area contributed by atoms with Crippen LogP contribution in [0.15, 0.2) is 56.9 Å². The fraction of sp³-hybridized carbons (Fsp3) is 0.0625. The molecule has 2 heterocycles. The molecule has 2 aromatic carbocycles. The molecule has 1 aliphatic heterocycles. The highest BCUT2D eigenvalue weighted by Gasteiger charge is 2.22. The second kappa shape index (κ2) is 5.87. The van der Waals surface area contributed by atoms with E-state index in [1.165, 1.54) is 16.0 Å². The Balaban J connectivity index is 1.78. The lowest BCUT2D eigenvalue weighted by Crippen LogP contribution is -2.15. The zero-order valence-electron chi connectivity index (χ0n) is 11.4. The monoisotopic (exact) mass is 345 g/mol. The first-order chi connectivity index (χ1) is 10.8. The highest BCUT2D eigenvalue weighted by atomic mass is 32.2. The van der Waals surface area contributed by atoms with Crippen molar-refractivity contribution in [2.75, 3.05) is 10.5 Å². The highest BCUT2D eigenvalue weighted by molar-refractivity contribution is 8.02. The summed E-state index contributed by atoms with van der Waals surface area (Å²) >= 11 is 4.83. The van der Waals surface area contributed by atoms with Crippen LogP contribution >= 0.6 is 35.0 Å². The Labute approximate surface area is 140 Å². The number of ether oxygens (including phenoxy) is 1. The molecule has 1 aromatic heterocycles. The third-order valence-electron chi connectivity index (χ3n) is 3.28. The summed E-state index contributed by atoms with van der Waals surface area (Å²) in [4.78, 5) is 12.6. The lowest BCUT2D eigenvalue weighted by atomic mass is 10.1. The number of benzene rings is 2. The molecule has 3 aromatic rings. The number of hydrogen-bond acceptors (Lipinski definition) is 6. The van der Waals surface area contributed by atoms with Crippen LogP contribution in [0.25, 0.3) is 10.8 Å². The second-order valence-corrected chi connectivity index (χ2v) is 7.77. The maximum absolute atomic E-state index is 11.6. The molecule has 0 unspecified atom stereocenters. The van der Waals surface area contributed by atoms with Gasteiger partial charge < -0.3 is 9.46 Å². The number of fused-ring (bicyclic) bond motifs is 3. The number of carbonyl (C=O) groups excluding carboxylic acids is 1. The van der Waals surface area contributed by atoms with Gasteiger partial charge in [0.05, 0.1) is 20.5 Å². The van der Waals surface area contributed by atoms with Crippen LogP contribution in [-0.4, -0.2) is 11.7 Å².